The largest absolute Gasteiger partial charge is 0.495 e. The fraction of sp³-hybridized carbons (Fsp3) is 0.704. The van der Waals surface area contributed by atoms with Gasteiger partial charge in [0.05, 0.1) is 12.8 Å². The number of hydrogen-bond acceptors (Lipinski definition) is 4. The summed E-state index contributed by atoms with van der Waals surface area (Å²) in [6.45, 7) is 6.95. The molecule has 1 atom stereocenters. The lowest BCUT2D eigenvalue weighted by Gasteiger charge is -2.56. The van der Waals surface area contributed by atoms with Crippen LogP contribution in [0.1, 0.15) is 52.4 Å². The summed E-state index contributed by atoms with van der Waals surface area (Å²) >= 11 is 0. The molecule has 1 aromatic carbocycles. The first-order valence-electron chi connectivity index (χ1n) is 12.9. The van der Waals surface area contributed by atoms with E-state index < -0.39 is 6.04 Å². The number of hydrogen-bond donors (Lipinski definition) is 1. The van der Waals surface area contributed by atoms with Gasteiger partial charge in [-0.3, -0.25) is 9.59 Å². The molecule has 1 N–H and O–H groups in total. The number of rotatable bonds is 6. The molecule has 6 rings (SSSR count). The van der Waals surface area contributed by atoms with Crippen LogP contribution in [0.4, 0.5) is 5.69 Å². The van der Waals surface area contributed by atoms with Crippen LogP contribution in [0.2, 0.25) is 0 Å². The third kappa shape index (κ3) is 4.22. The Labute approximate surface area is 198 Å². The van der Waals surface area contributed by atoms with Crippen LogP contribution in [0.3, 0.4) is 0 Å². The number of nitrogens with one attached hydrogen (secondary N) is 1. The zero-order valence-electron chi connectivity index (χ0n) is 20.4. The van der Waals surface area contributed by atoms with E-state index in [4.69, 9.17) is 4.74 Å². The van der Waals surface area contributed by atoms with Gasteiger partial charge in [-0.05, 0) is 74.3 Å². The second kappa shape index (κ2) is 8.84. The van der Waals surface area contributed by atoms with Gasteiger partial charge in [0.2, 0.25) is 11.8 Å². The van der Waals surface area contributed by atoms with E-state index >= 15 is 0 Å². The lowest BCUT2D eigenvalue weighted by molar-refractivity contribution is -0.150. The lowest BCUT2D eigenvalue weighted by Crippen LogP contribution is -2.60. The number of amides is 2. The van der Waals surface area contributed by atoms with Crippen molar-refractivity contribution in [3.05, 3.63) is 24.3 Å². The third-order valence-corrected chi connectivity index (χ3v) is 8.76. The highest BCUT2D eigenvalue weighted by molar-refractivity contribution is 5.90. The number of benzene rings is 1. The second-order valence-corrected chi connectivity index (χ2v) is 11.4. The van der Waals surface area contributed by atoms with E-state index in [9.17, 15) is 9.59 Å². The van der Waals surface area contributed by atoms with Crippen LogP contribution in [0, 0.1) is 29.1 Å². The normalized spacial score (nSPS) is 31.6. The summed E-state index contributed by atoms with van der Waals surface area (Å²) in [6.07, 6.45) is 7.03. The predicted molar refractivity (Wildman–Crippen MR) is 129 cm³/mol. The van der Waals surface area contributed by atoms with E-state index in [0.717, 1.165) is 61.5 Å². The zero-order valence-corrected chi connectivity index (χ0v) is 20.4. The Bertz CT molecular complexity index is 855. The van der Waals surface area contributed by atoms with Crippen molar-refractivity contribution in [3.8, 4) is 5.75 Å². The third-order valence-electron chi connectivity index (χ3n) is 8.76. The summed E-state index contributed by atoms with van der Waals surface area (Å²) < 4.78 is 5.52. The summed E-state index contributed by atoms with van der Waals surface area (Å²) in [5.41, 5.74) is 0.854. The molecule has 2 amide bonds. The molecule has 0 spiro atoms. The quantitative estimate of drug-likeness (QED) is 0.714. The molecule has 1 saturated heterocycles. The van der Waals surface area contributed by atoms with Gasteiger partial charge in [-0.2, -0.15) is 0 Å². The molecule has 6 nitrogen and oxygen atoms in total. The SMILES string of the molecule is COc1ccccc1N1CCN(C(=O)C(NC(=O)C23CC4CC(CC(C4)C2)C3)C(C)C)CC1. The van der Waals surface area contributed by atoms with Crippen molar-refractivity contribution >= 4 is 17.5 Å². The van der Waals surface area contributed by atoms with E-state index in [1.165, 1.54) is 19.3 Å². The summed E-state index contributed by atoms with van der Waals surface area (Å²) in [5.74, 6) is 3.32. The average Bonchev–Trinajstić information content (AvgIpc) is 2.81. The topological polar surface area (TPSA) is 61.9 Å². The highest BCUT2D eigenvalue weighted by atomic mass is 16.5. The highest BCUT2D eigenvalue weighted by Crippen LogP contribution is 2.60. The van der Waals surface area contributed by atoms with Crippen molar-refractivity contribution in [1.29, 1.82) is 0 Å². The van der Waals surface area contributed by atoms with E-state index in [0.29, 0.717) is 13.1 Å². The predicted octanol–water partition coefficient (Wildman–Crippen LogP) is 3.70. The number of piperazine rings is 1. The number of nitrogens with zero attached hydrogens (tertiary/aromatic N) is 2. The van der Waals surface area contributed by atoms with Crippen LogP contribution in [-0.2, 0) is 9.59 Å². The molecule has 1 aromatic rings. The fourth-order valence-corrected chi connectivity index (χ4v) is 7.45. The summed E-state index contributed by atoms with van der Waals surface area (Å²) in [4.78, 5) is 31.4. The maximum atomic E-state index is 13.6. The molecular weight excluding hydrogens is 414 g/mol. The number of ether oxygens (including phenoxy) is 1. The van der Waals surface area contributed by atoms with Crippen molar-refractivity contribution in [2.24, 2.45) is 29.1 Å². The molecule has 1 unspecified atom stereocenters. The molecule has 4 bridgehead atoms. The Hall–Kier alpha value is -2.24. The van der Waals surface area contributed by atoms with Crippen LogP contribution < -0.4 is 15.0 Å². The van der Waals surface area contributed by atoms with Crippen LogP contribution in [0.15, 0.2) is 24.3 Å². The molecule has 6 heteroatoms. The lowest BCUT2D eigenvalue weighted by atomic mass is 9.49. The zero-order chi connectivity index (χ0) is 23.2. The number of methoxy groups -OCH3 is 1. The number of para-hydroxylation sites is 2. The molecule has 1 heterocycles. The van der Waals surface area contributed by atoms with Gasteiger partial charge in [0.25, 0.3) is 0 Å². The number of carbonyl (C=O) groups excluding carboxylic acids is 2. The Morgan fingerprint density at radius 3 is 2.09 bits per heavy atom. The summed E-state index contributed by atoms with van der Waals surface area (Å²) in [7, 11) is 1.69. The van der Waals surface area contributed by atoms with Crippen LogP contribution in [-0.4, -0.2) is 56.0 Å². The van der Waals surface area contributed by atoms with Gasteiger partial charge in [-0.1, -0.05) is 26.0 Å². The van der Waals surface area contributed by atoms with Crippen molar-refractivity contribution in [2.75, 3.05) is 38.2 Å². The van der Waals surface area contributed by atoms with Gasteiger partial charge >= 0.3 is 0 Å². The van der Waals surface area contributed by atoms with Crippen molar-refractivity contribution in [2.45, 2.75) is 58.4 Å². The van der Waals surface area contributed by atoms with Gasteiger partial charge in [0, 0.05) is 31.6 Å². The summed E-state index contributed by atoms with van der Waals surface area (Å²) in [5, 5.41) is 3.27. The monoisotopic (exact) mass is 453 g/mol. The molecule has 1 aliphatic heterocycles. The standard InChI is InChI=1S/C27H39N3O3/c1-18(2)24(28-26(32)27-15-19-12-20(16-27)14-21(13-19)17-27)25(31)30-10-8-29(9-11-30)22-6-4-5-7-23(22)33-3/h4-7,18-21,24H,8-17H2,1-3H3,(H,28,32). The van der Waals surface area contributed by atoms with Gasteiger partial charge in [-0.25, -0.2) is 0 Å². The van der Waals surface area contributed by atoms with E-state index in [1.54, 1.807) is 7.11 Å². The first-order valence-corrected chi connectivity index (χ1v) is 12.9. The molecule has 180 valence electrons. The molecular formula is C27H39N3O3. The Balaban J connectivity index is 1.23. The summed E-state index contributed by atoms with van der Waals surface area (Å²) in [6, 6.07) is 7.59. The smallest absolute Gasteiger partial charge is 0.245 e. The van der Waals surface area contributed by atoms with Gasteiger partial charge in [0.1, 0.15) is 11.8 Å². The molecule has 5 aliphatic rings. The van der Waals surface area contributed by atoms with Crippen LogP contribution >= 0.6 is 0 Å². The Morgan fingerprint density at radius 2 is 1.55 bits per heavy atom. The van der Waals surface area contributed by atoms with E-state index in [-0.39, 0.29) is 23.1 Å². The maximum absolute atomic E-state index is 13.6. The molecule has 4 aliphatic carbocycles. The van der Waals surface area contributed by atoms with Crippen LogP contribution in [0.25, 0.3) is 0 Å². The first kappa shape index (κ1) is 22.5. The minimum Gasteiger partial charge on any atom is -0.495 e. The Kier molecular flexibility index (Phi) is 6.04. The van der Waals surface area contributed by atoms with Gasteiger partial charge in [0.15, 0.2) is 0 Å². The number of anilines is 1. The molecule has 4 saturated carbocycles. The molecule has 0 aromatic heterocycles. The van der Waals surface area contributed by atoms with Crippen molar-refractivity contribution in [1.82, 2.24) is 10.2 Å². The van der Waals surface area contributed by atoms with Crippen molar-refractivity contribution in [3.63, 3.8) is 0 Å². The minimum absolute atomic E-state index is 0.0719. The highest BCUT2D eigenvalue weighted by Gasteiger charge is 2.55. The van der Waals surface area contributed by atoms with Gasteiger partial charge < -0.3 is 19.9 Å². The van der Waals surface area contributed by atoms with E-state index in [1.807, 2.05) is 36.9 Å². The maximum Gasteiger partial charge on any atom is 0.245 e. The number of carbonyl (C=O) groups is 2. The average molecular weight is 454 g/mol. The van der Waals surface area contributed by atoms with E-state index in [2.05, 4.69) is 16.3 Å². The minimum atomic E-state index is -0.441. The van der Waals surface area contributed by atoms with Crippen molar-refractivity contribution < 1.29 is 14.3 Å². The Morgan fingerprint density at radius 1 is 0.970 bits per heavy atom. The first-order chi connectivity index (χ1) is 15.9. The second-order valence-electron chi connectivity index (χ2n) is 11.4. The molecule has 5 fully saturated rings. The fourth-order valence-electron chi connectivity index (χ4n) is 7.45. The van der Waals surface area contributed by atoms with Crippen LogP contribution in [0.5, 0.6) is 5.75 Å². The molecule has 33 heavy (non-hydrogen) atoms. The molecule has 0 radical (unpaired) electrons. The van der Waals surface area contributed by atoms with Gasteiger partial charge in [-0.15, -0.1) is 0 Å².